The first kappa shape index (κ1) is 18.3. The van der Waals surface area contributed by atoms with Crippen LogP contribution in [0.15, 0.2) is 29.4 Å². The van der Waals surface area contributed by atoms with E-state index in [4.69, 9.17) is 45.3 Å². The predicted molar refractivity (Wildman–Crippen MR) is 96.4 cm³/mol. The van der Waals surface area contributed by atoms with Gasteiger partial charge in [-0.25, -0.2) is 10.4 Å². The van der Waals surface area contributed by atoms with Crippen LogP contribution in [0.5, 0.6) is 5.75 Å². The molecular formula is C15H13Cl3N4O2. The third-order valence-electron chi connectivity index (χ3n) is 2.86. The van der Waals surface area contributed by atoms with Crippen LogP contribution in [0.2, 0.25) is 15.2 Å². The maximum absolute atomic E-state index is 12.1. The van der Waals surface area contributed by atoms with E-state index in [0.717, 1.165) is 11.3 Å². The molecule has 1 aromatic carbocycles. The average Bonchev–Trinajstić information content (AvgIpc) is 2.58. The molecule has 0 fully saturated rings. The molecule has 0 unspecified atom stereocenters. The number of hydrogen-bond acceptors (Lipinski definition) is 5. The highest BCUT2D eigenvalue weighted by Gasteiger charge is 2.19. The molecule has 24 heavy (non-hydrogen) atoms. The topological polar surface area (TPSA) is 89.6 Å². The summed E-state index contributed by atoms with van der Waals surface area (Å²) < 4.78 is 5.33. The first-order valence-corrected chi connectivity index (χ1v) is 7.93. The Kier molecular flexibility index (Phi) is 6.25. The Hall–Kier alpha value is -2.02. The molecule has 0 bridgehead atoms. The minimum atomic E-state index is -0.660. The molecule has 1 heterocycles. The summed E-state index contributed by atoms with van der Waals surface area (Å²) in [6.07, 6.45) is 1.46. The molecule has 0 aliphatic heterocycles. The van der Waals surface area contributed by atoms with Crippen LogP contribution in [0.25, 0.3) is 0 Å². The fourth-order valence-electron chi connectivity index (χ4n) is 1.72. The molecule has 126 valence electrons. The van der Waals surface area contributed by atoms with Gasteiger partial charge in [0.25, 0.3) is 5.91 Å². The van der Waals surface area contributed by atoms with Gasteiger partial charge in [-0.2, -0.15) is 5.10 Å². The van der Waals surface area contributed by atoms with Gasteiger partial charge in [0.2, 0.25) is 0 Å². The van der Waals surface area contributed by atoms with E-state index < -0.39 is 5.91 Å². The first-order chi connectivity index (χ1) is 11.4. The van der Waals surface area contributed by atoms with E-state index in [-0.39, 0.29) is 26.6 Å². The fraction of sp³-hybridized carbons (Fsp3) is 0.133. The van der Waals surface area contributed by atoms with Crippen LogP contribution >= 0.6 is 34.8 Å². The molecule has 0 saturated heterocycles. The van der Waals surface area contributed by atoms with Gasteiger partial charge in [-0.05, 0) is 36.8 Å². The SMILES string of the molecule is CCOc1ccc(/C=N/NC(=O)c2nc(Cl)c(Cl)c(N)c2Cl)cc1. The van der Waals surface area contributed by atoms with Crippen molar-refractivity contribution < 1.29 is 9.53 Å². The number of nitrogens with zero attached hydrogens (tertiary/aromatic N) is 2. The molecule has 2 rings (SSSR count). The molecular weight excluding hydrogens is 375 g/mol. The molecule has 3 N–H and O–H groups in total. The number of anilines is 1. The van der Waals surface area contributed by atoms with Crippen LogP contribution in [0.4, 0.5) is 5.69 Å². The molecule has 0 aliphatic carbocycles. The summed E-state index contributed by atoms with van der Waals surface area (Å²) >= 11 is 17.5. The summed E-state index contributed by atoms with van der Waals surface area (Å²) in [5.74, 6) is 0.0911. The zero-order chi connectivity index (χ0) is 17.7. The van der Waals surface area contributed by atoms with Crippen molar-refractivity contribution in [1.82, 2.24) is 10.4 Å². The summed E-state index contributed by atoms with van der Waals surface area (Å²) in [4.78, 5) is 15.9. The zero-order valence-corrected chi connectivity index (χ0v) is 14.8. The minimum absolute atomic E-state index is 0.00361. The number of hydrazone groups is 1. The number of rotatable bonds is 5. The maximum atomic E-state index is 12.1. The van der Waals surface area contributed by atoms with Crippen LogP contribution < -0.4 is 15.9 Å². The Bertz CT molecular complexity index is 779. The number of hydrogen-bond donors (Lipinski definition) is 2. The van der Waals surface area contributed by atoms with E-state index in [0.29, 0.717) is 6.61 Å². The second-order valence-corrected chi connectivity index (χ2v) is 5.61. The van der Waals surface area contributed by atoms with Crippen LogP contribution in [0, 0.1) is 0 Å². The molecule has 6 nitrogen and oxygen atoms in total. The molecule has 0 aliphatic rings. The Morgan fingerprint density at radius 3 is 2.58 bits per heavy atom. The van der Waals surface area contributed by atoms with E-state index in [2.05, 4.69) is 15.5 Å². The molecule has 1 amide bonds. The highest BCUT2D eigenvalue weighted by molar-refractivity contribution is 6.46. The number of carbonyl (C=O) groups is 1. The summed E-state index contributed by atoms with van der Waals surface area (Å²) in [6, 6.07) is 7.18. The average molecular weight is 388 g/mol. The van der Waals surface area contributed by atoms with E-state index in [9.17, 15) is 4.79 Å². The standard InChI is InChI=1S/C15H13Cl3N4O2/c1-2-24-9-5-3-8(4-6-9)7-20-22-15(23)13-10(16)12(19)11(17)14(18)21-13/h3-7H,2H2,1H3,(H2,19,21)(H,22,23)/b20-7+. The Morgan fingerprint density at radius 2 is 1.96 bits per heavy atom. The van der Waals surface area contributed by atoms with E-state index in [1.54, 1.807) is 24.3 Å². The molecule has 1 aromatic heterocycles. The minimum Gasteiger partial charge on any atom is -0.494 e. The van der Waals surface area contributed by atoms with Crippen LogP contribution in [0.1, 0.15) is 23.0 Å². The summed E-state index contributed by atoms with van der Waals surface area (Å²) in [7, 11) is 0. The first-order valence-electron chi connectivity index (χ1n) is 6.80. The predicted octanol–water partition coefficient (Wildman–Crippen LogP) is 3.79. The summed E-state index contributed by atoms with van der Waals surface area (Å²) in [5, 5.41) is 3.64. The van der Waals surface area contributed by atoms with Crippen molar-refractivity contribution in [1.29, 1.82) is 0 Å². The van der Waals surface area contributed by atoms with Crippen molar-refractivity contribution in [2.24, 2.45) is 5.10 Å². The van der Waals surface area contributed by atoms with E-state index in [1.807, 2.05) is 6.92 Å². The van der Waals surface area contributed by atoms with Gasteiger partial charge < -0.3 is 10.5 Å². The normalized spacial score (nSPS) is 10.8. The van der Waals surface area contributed by atoms with E-state index >= 15 is 0 Å². The number of amides is 1. The van der Waals surface area contributed by atoms with Crippen LogP contribution in [-0.2, 0) is 0 Å². The van der Waals surface area contributed by atoms with Crippen molar-refractivity contribution in [3.63, 3.8) is 0 Å². The van der Waals surface area contributed by atoms with Crippen molar-refractivity contribution in [2.45, 2.75) is 6.92 Å². The molecule has 9 heteroatoms. The highest BCUT2D eigenvalue weighted by atomic mass is 35.5. The smallest absolute Gasteiger partial charge is 0.291 e. The van der Waals surface area contributed by atoms with Crippen molar-refractivity contribution in [3.8, 4) is 5.75 Å². The van der Waals surface area contributed by atoms with Crippen LogP contribution in [0.3, 0.4) is 0 Å². The molecule has 0 saturated carbocycles. The number of carbonyl (C=O) groups excluding carboxylic acids is 1. The Morgan fingerprint density at radius 1 is 1.29 bits per heavy atom. The van der Waals surface area contributed by atoms with Gasteiger partial charge in [0.05, 0.1) is 23.5 Å². The van der Waals surface area contributed by atoms with Gasteiger partial charge in [-0.1, -0.05) is 34.8 Å². The number of ether oxygens (including phenoxy) is 1. The molecule has 2 aromatic rings. The highest BCUT2D eigenvalue weighted by Crippen LogP contribution is 2.34. The number of benzene rings is 1. The third-order valence-corrected chi connectivity index (χ3v) is 3.99. The van der Waals surface area contributed by atoms with Gasteiger partial charge in [0.1, 0.15) is 10.8 Å². The number of pyridine rings is 1. The lowest BCUT2D eigenvalue weighted by Gasteiger charge is -2.07. The quantitative estimate of drug-likeness (QED) is 0.464. The lowest BCUT2D eigenvalue weighted by atomic mass is 10.2. The van der Waals surface area contributed by atoms with Crippen LogP contribution in [-0.4, -0.2) is 23.7 Å². The molecule has 0 radical (unpaired) electrons. The third kappa shape index (κ3) is 4.29. The number of nitrogen functional groups attached to an aromatic ring is 1. The Balaban J connectivity index is 2.08. The van der Waals surface area contributed by atoms with Crippen molar-refractivity contribution >= 4 is 52.6 Å². The fourth-order valence-corrected chi connectivity index (χ4v) is 2.31. The van der Waals surface area contributed by atoms with Crippen molar-refractivity contribution in [2.75, 3.05) is 12.3 Å². The summed E-state index contributed by atoms with van der Waals surface area (Å²) in [5.41, 5.74) is 8.55. The number of aromatic nitrogens is 1. The molecule has 0 atom stereocenters. The maximum Gasteiger partial charge on any atom is 0.291 e. The number of nitrogens with two attached hydrogens (primary N) is 1. The lowest BCUT2D eigenvalue weighted by Crippen LogP contribution is -2.20. The summed E-state index contributed by atoms with van der Waals surface area (Å²) in [6.45, 7) is 2.49. The monoisotopic (exact) mass is 386 g/mol. The zero-order valence-electron chi connectivity index (χ0n) is 12.5. The van der Waals surface area contributed by atoms with Gasteiger partial charge >= 0.3 is 0 Å². The Labute approximate surface area is 153 Å². The lowest BCUT2D eigenvalue weighted by molar-refractivity contribution is 0.0950. The number of nitrogens with one attached hydrogen (secondary N) is 1. The van der Waals surface area contributed by atoms with Gasteiger partial charge in [0.15, 0.2) is 10.8 Å². The van der Waals surface area contributed by atoms with Gasteiger partial charge in [-0.15, -0.1) is 0 Å². The number of halogens is 3. The van der Waals surface area contributed by atoms with Crippen molar-refractivity contribution in [3.05, 3.63) is 50.7 Å². The second kappa shape index (κ2) is 8.19. The van der Waals surface area contributed by atoms with E-state index in [1.165, 1.54) is 6.21 Å². The van der Waals surface area contributed by atoms with Gasteiger partial charge in [0, 0.05) is 0 Å². The van der Waals surface area contributed by atoms with Gasteiger partial charge in [-0.3, -0.25) is 4.79 Å². The second-order valence-electron chi connectivity index (χ2n) is 4.49. The largest absolute Gasteiger partial charge is 0.494 e. The molecule has 0 spiro atoms.